The van der Waals surface area contributed by atoms with Gasteiger partial charge < -0.3 is 15.0 Å². The van der Waals surface area contributed by atoms with Crippen LogP contribution >= 0.6 is 11.3 Å². The molecule has 0 aliphatic heterocycles. The molecule has 1 aromatic carbocycles. The lowest BCUT2D eigenvalue weighted by molar-refractivity contribution is 0.300. The topological polar surface area (TPSA) is 50.3 Å². The molecule has 136 valence electrons. The molecule has 1 atom stereocenters. The van der Waals surface area contributed by atoms with E-state index in [-0.39, 0.29) is 6.04 Å². The number of likely N-dealkylation sites (N-methyl/N-ethyl adjacent to an activating group) is 1. The van der Waals surface area contributed by atoms with Gasteiger partial charge in [-0.1, -0.05) is 18.2 Å². The summed E-state index contributed by atoms with van der Waals surface area (Å²) in [6, 6.07) is 8.39. The number of benzene rings is 1. The number of nitrogens with one attached hydrogen (secondary N) is 1. The van der Waals surface area contributed by atoms with Gasteiger partial charge in [0.05, 0.1) is 18.5 Å². The monoisotopic (exact) mass is 368 g/mol. The molecule has 0 fully saturated rings. The average molecular weight is 369 g/mol. The van der Waals surface area contributed by atoms with Crippen molar-refractivity contribution in [3.05, 3.63) is 46.6 Å². The fourth-order valence-electron chi connectivity index (χ4n) is 3.77. The van der Waals surface area contributed by atoms with Crippen LogP contribution in [0, 0.1) is 0 Å². The van der Waals surface area contributed by atoms with E-state index < -0.39 is 0 Å². The zero-order valence-electron chi connectivity index (χ0n) is 15.5. The Hall–Kier alpha value is -2.18. The number of fused-ring (bicyclic) bond motifs is 3. The van der Waals surface area contributed by atoms with Crippen molar-refractivity contribution in [2.75, 3.05) is 33.1 Å². The molecule has 1 aliphatic carbocycles. The fourth-order valence-corrected chi connectivity index (χ4v) is 5.00. The molecule has 0 amide bonds. The van der Waals surface area contributed by atoms with Crippen molar-refractivity contribution < 1.29 is 4.74 Å². The first kappa shape index (κ1) is 17.2. The highest BCUT2D eigenvalue weighted by Gasteiger charge is 2.23. The third kappa shape index (κ3) is 3.04. The number of methoxy groups -OCH3 is 1. The van der Waals surface area contributed by atoms with Crippen molar-refractivity contribution in [1.82, 2.24) is 14.9 Å². The van der Waals surface area contributed by atoms with Crippen LogP contribution in [-0.4, -0.2) is 42.6 Å². The molecule has 3 aromatic rings. The number of para-hydroxylation sites is 1. The highest BCUT2D eigenvalue weighted by atomic mass is 32.1. The van der Waals surface area contributed by atoms with Gasteiger partial charge in [0.2, 0.25) is 0 Å². The number of aromatic nitrogens is 2. The van der Waals surface area contributed by atoms with E-state index in [2.05, 4.69) is 46.4 Å². The van der Waals surface area contributed by atoms with E-state index in [4.69, 9.17) is 4.74 Å². The summed E-state index contributed by atoms with van der Waals surface area (Å²) in [6.45, 7) is 0.754. The highest BCUT2D eigenvalue weighted by Crippen LogP contribution is 2.39. The number of ether oxygens (including phenoxy) is 1. The Morgan fingerprint density at radius 1 is 1.23 bits per heavy atom. The molecule has 2 aromatic heterocycles. The number of rotatable bonds is 6. The lowest BCUT2D eigenvalue weighted by atomic mass is 10.0. The number of nitrogens with zero attached hydrogens (tertiary/aromatic N) is 3. The van der Waals surface area contributed by atoms with Crippen molar-refractivity contribution >= 4 is 27.4 Å². The van der Waals surface area contributed by atoms with Gasteiger partial charge in [0.1, 0.15) is 22.7 Å². The molecule has 0 spiro atoms. The molecule has 4 rings (SSSR count). The van der Waals surface area contributed by atoms with Crippen LogP contribution in [0.3, 0.4) is 0 Å². The Morgan fingerprint density at radius 3 is 2.88 bits per heavy atom. The second-order valence-electron chi connectivity index (χ2n) is 6.86. The number of aryl methyl sites for hydroxylation is 2. The molecule has 5 nitrogen and oxygen atoms in total. The van der Waals surface area contributed by atoms with Crippen LogP contribution in [0.25, 0.3) is 10.2 Å². The summed E-state index contributed by atoms with van der Waals surface area (Å²) in [6.07, 6.45) is 5.23. The molecule has 0 saturated heterocycles. The maximum atomic E-state index is 5.57. The van der Waals surface area contributed by atoms with Gasteiger partial charge in [-0.25, -0.2) is 9.97 Å². The number of thiophene rings is 1. The van der Waals surface area contributed by atoms with Gasteiger partial charge in [-0.3, -0.25) is 0 Å². The van der Waals surface area contributed by atoms with Crippen molar-refractivity contribution in [1.29, 1.82) is 0 Å². The van der Waals surface area contributed by atoms with Crippen LogP contribution in [0.2, 0.25) is 0 Å². The first-order valence-corrected chi connectivity index (χ1v) is 9.79. The van der Waals surface area contributed by atoms with Crippen molar-refractivity contribution in [3.63, 3.8) is 0 Å². The summed E-state index contributed by atoms with van der Waals surface area (Å²) < 4.78 is 5.57. The molecule has 0 saturated carbocycles. The summed E-state index contributed by atoms with van der Waals surface area (Å²) in [5.41, 5.74) is 2.63. The second-order valence-corrected chi connectivity index (χ2v) is 7.95. The number of anilines is 1. The van der Waals surface area contributed by atoms with Crippen LogP contribution in [-0.2, 0) is 12.8 Å². The Morgan fingerprint density at radius 2 is 2.08 bits per heavy atom. The Labute approximate surface area is 158 Å². The average Bonchev–Trinajstić information content (AvgIpc) is 3.23. The molecule has 1 N–H and O–H groups in total. The van der Waals surface area contributed by atoms with Crippen LogP contribution in [0.4, 0.5) is 5.82 Å². The van der Waals surface area contributed by atoms with Gasteiger partial charge in [-0.05, 0) is 45.0 Å². The summed E-state index contributed by atoms with van der Waals surface area (Å²) >= 11 is 1.82. The van der Waals surface area contributed by atoms with E-state index in [0.717, 1.165) is 29.4 Å². The largest absolute Gasteiger partial charge is 0.496 e. The zero-order chi connectivity index (χ0) is 18.1. The van der Waals surface area contributed by atoms with E-state index in [9.17, 15) is 0 Å². The molecule has 1 aliphatic rings. The first-order chi connectivity index (χ1) is 12.7. The van der Waals surface area contributed by atoms with E-state index in [1.54, 1.807) is 13.4 Å². The van der Waals surface area contributed by atoms with E-state index in [1.165, 1.54) is 34.2 Å². The Kier molecular flexibility index (Phi) is 4.78. The molecule has 0 bridgehead atoms. The predicted octanol–water partition coefficient (Wildman–Crippen LogP) is 3.90. The standard InChI is InChI=1S/C20H24N4OS/c1-24(2)15(13-7-4-5-9-16(13)25-3)11-21-19-18-14-8-6-10-17(14)26-20(18)23-12-22-19/h4-5,7,9,12,15H,6,8,10-11H2,1-3H3,(H,21,22,23)/t15-/m1/s1. The minimum absolute atomic E-state index is 0.183. The van der Waals surface area contributed by atoms with Gasteiger partial charge in [-0.2, -0.15) is 0 Å². The van der Waals surface area contributed by atoms with Crippen LogP contribution < -0.4 is 10.1 Å². The number of hydrogen-bond acceptors (Lipinski definition) is 6. The Balaban J connectivity index is 1.64. The first-order valence-electron chi connectivity index (χ1n) is 8.97. The van der Waals surface area contributed by atoms with E-state index in [0.29, 0.717) is 0 Å². The molecule has 26 heavy (non-hydrogen) atoms. The minimum Gasteiger partial charge on any atom is -0.496 e. The van der Waals surface area contributed by atoms with Gasteiger partial charge in [0.15, 0.2) is 0 Å². The molecular weight excluding hydrogens is 344 g/mol. The van der Waals surface area contributed by atoms with Crippen molar-refractivity contribution in [2.45, 2.75) is 25.3 Å². The summed E-state index contributed by atoms with van der Waals surface area (Å²) in [4.78, 5) is 13.8. The third-order valence-electron chi connectivity index (χ3n) is 5.09. The van der Waals surface area contributed by atoms with Gasteiger partial charge >= 0.3 is 0 Å². The van der Waals surface area contributed by atoms with Crippen molar-refractivity contribution in [2.24, 2.45) is 0 Å². The fraction of sp³-hybridized carbons (Fsp3) is 0.400. The summed E-state index contributed by atoms with van der Waals surface area (Å²) in [5.74, 6) is 1.87. The third-order valence-corrected chi connectivity index (χ3v) is 6.29. The van der Waals surface area contributed by atoms with Gasteiger partial charge in [0.25, 0.3) is 0 Å². The van der Waals surface area contributed by atoms with Crippen molar-refractivity contribution in [3.8, 4) is 5.75 Å². The zero-order valence-corrected chi connectivity index (χ0v) is 16.3. The Bertz CT molecular complexity index is 921. The molecular formula is C20H24N4OS. The lowest BCUT2D eigenvalue weighted by Crippen LogP contribution is -2.27. The molecule has 2 heterocycles. The highest BCUT2D eigenvalue weighted by molar-refractivity contribution is 7.19. The normalized spacial score (nSPS) is 14.6. The quantitative estimate of drug-likeness (QED) is 0.715. The lowest BCUT2D eigenvalue weighted by Gasteiger charge is -2.27. The predicted molar refractivity (Wildman–Crippen MR) is 107 cm³/mol. The van der Waals surface area contributed by atoms with Crippen LogP contribution in [0.5, 0.6) is 5.75 Å². The molecule has 0 radical (unpaired) electrons. The molecule has 0 unspecified atom stereocenters. The maximum absolute atomic E-state index is 5.57. The minimum atomic E-state index is 0.183. The van der Waals surface area contributed by atoms with Crippen LogP contribution in [0.15, 0.2) is 30.6 Å². The molecule has 6 heteroatoms. The summed E-state index contributed by atoms with van der Waals surface area (Å²) in [5, 5.41) is 4.82. The van der Waals surface area contributed by atoms with E-state index >= 15 is 0 Å². The van der Waals surface area contributed by atoms with E-state index in [1.807, 2.05) is 23.5 Å². The van der Waals surface area contributed by atoms with Crippen LogP contribution in [0.1, 0.15) is 28.5 Å². The maximum Gasteiger partial charge on any atom is 0.138 e. The smallest absolute Gasteiger partial charge is 0.138 e. The number of hydrogen-bond donors (Lipinski definition) is 1. The SMILES string of the molecule is COc1ccccc1[C@@H](CNc1ncnc2sc3c(c12)CCC3)N(C)C. The second kappa shape index (κ2) is 7.21. The van der Waals surface area contributed by atoms with Gasteiger partial charge in [0, 0.05) is 17.0 Å². The summed E-state index contributed by atoms with van der Waals surface area (Å²) in [7, 11) is 5.91. The van der Waals surface area contributed by atoms with Gasteiger partial charge in [-0.15, -0.1) is 11.3 Å².